The number of anilines is 1. The summed E-state index contributed by atoms with van der Waals surface area (Å²) in [7, 11) is 0. The van der Waals surface area contributed by atoms with Gasteiger partial charge in [-0.25, -0.2) is 0 Å². The average Bonchev–Trinajstić information content (AvgIpc) is 2.16. The number of rotatable bonds is 1. The second-order valence-electron chi connectivity index (χ2n) is 2.44. The maximum Gasteiger partial charge on any atom is 0.262 e. The normalized spacial score (nSPS) is 14.0. The molecule has 0 aromatic carbocycles. The van der Waals surface area contributed by atoms with Crippen molar-refractivity contribution in [3.8, 4) is 5.88 Å². The molecule has 0 spiro atoms. The third-order valence-electron chi connectivity index (χ3n) is 1.51. The van der Waals surface area contributed by atoms with Gasteiger partial charge in [0.25, 0.3) is 11.8 Å². The minimum absolute atomic E-state index is 0.0673. The van der Waals surface area contributed by atoms with Gasteiger partial charge in [-0.1, -0.05) is 0 Å². The minimum atomic E-state index is -0.266. The van der Waals surface area contributed by atoms with E-state index in [1.807, 2.05) is 0 Å². The highest BCUT2D eigenvalue weighted by molar-refractivity contribution is 5.95. The quantitative estimate of drug-likeness (QED) is 0.594. The summed E-state index contributed by atoms with van der Waals surface area (Å²) in [6, 6.07) is 1.41. The lowest BCUT2D eigenvalue weighted by Gasteiger charge is -2.15. The Bertz CT molecular complexity index is 377. The second-order valence-corrected chi connectivity index (χ2v) is 2.44. The Morgan fingerprint density at radius 3 is 3.15 bits per heavy atom. The number of carbonyl (C=O) groups is 2. The van der Waals surface area contributed by atoms with Crippen LogP contribution < -0.4 is 10.1 Å². The fourth-order valence-electron chi connectivity index (χ4n) is 0.969. The molecule has 0 bridgehead atoms. The van der Waals surface area contributed by atoms with Crippen LogP contribution in [-0.4, -0.2) is 29.0 Å². The first-order valence-electron chi connectivity index (χ1n) is 3.55. The molecule has 66 valence electrons. The van der Waals surface area contributed by atoms with E-state index in [9.17, 15) is 9.59 Å². The summed E-state index contributed by atoms with van der Waals surface area (Å²) in [6.07, 6.45) is 0.550. The molecule has 1 N–H and O–H groups in total. The molecule has 0 saturated heterocycles. The van der Waals surface area contributed by atoms with E-state index < -0.39 is 0 Å². The zero-order valence-electron chi connectivity index (χ0n) is 6.48. The fraction of sp³-hybridized carbons (Fsp3) is 0.143. The topological polar surface area (TPSA) is 81.2 Å². The molecule has 0 radical (unpaired) electrons. The molecule has 0 fully saturated rings. The van der Waals surface area contributed by atoms with Crippen molar-refractivity contribution in [2.45, 2.75) is 0 Å². The lowest BCUT2D eigenvalue weighted by atomic mass is 10.3. The van der Waals surface area contributed by atoms with Gasteiger partial charge in [-0.2, -0.15) is 0 Å². The number of nitrogens with zero attached hydrogens (tertiary/aromatic N) is 2. The highest BCUT2D eigenvalue weighted by Crippen LogP contribution is 2.23. The molecular formula is C7H5N3O3. The Kier molecular flexibility index (Phi) is 1.66. The van der Waals surface area contributed by atoms with Crippen LogP contribution in [0.25, 0.3) is 0 Å². The van der Waals surface area contributed by atoms with Crippen molar-refractivity contribution in [1.82, 2.24) is 10.2 Å². The third kappa shape index (κ3) is 1.33. The van der Waals surface area contributed by atoms with E-state index in [1.165, 1.54) is 6.07 Å². The van der Waals surface area contributed by atoms with Gasteiger partial charge >= 0.3 is 0 Å². The van der Waals surface area contributed by atoms with E-state index in [2.05, 4.69) is 15.5 Å². The van der Waals surface area contributed by atoms with Crippen LogP contribution in [0.3, 0.4) is 0 Å². The van der Waals surface area contributed by atoms with Crippen molar-refractivity contribution in [1.29, 1.82) is 0 Å². The maximum absolute atomic E-state index is 10.9. The van der Waals surface area contributed by atoms with Crippen molar-refractivity contribution < 1.29 is 14.3 Å². The summed E-state index contributed by atoms with van der Waals surface area (Å²) in [5.74, 6) is -0.0254. The van der Waals surface area contributed by atoms with Gasteiger partial charge in [-0.05, 0) is 6.07 Å². The largest absolute Gasteiger partial charge is 0.465 e. The molecule has 1 aromatic rings. The first-order valence-corrected chi connectivity index (χ1v) is 3.55. The van der Waals surface area contributed by atoms with E-state index in [4.69, 9.17) is 4.74 Å². The SMILES string of the molecule is O=Cc1cc2c(nn1)OCC(=O)N2. The number of fused-ring (bicyclic) bond motifs is 1. The highest BCUT2D eigenvalue weighted by Gasteiger charge is 2.17. The van der Waals surface area contributed by atoms with Crippen LogP contribution >= 0.6 is 0 Å². The molecule has 6 nitrogen and oxygen atoms in total. The first-order chi connectivity index (χ1) is 6.29. The third-order valence-corrected chi connectivity index (χ3v) is 1.51. The summed E-state index contributed by atoms with van der Waals surface area (Å²) < 4.78 is 4.93. The van der Waals surface area contributed by atoms with Crippen molar-refractivity contribution in [3.63, 3.8) is 0 Å². The lowest BCUT2D eigenvalue weighted by molar-refractivity contribution is -0.118. The van der Waals surface area contributed by atoms with Crippen LogP contribution in [-0.2, 0) is 4.79 Å². The molecule has 2 rings (SSSR count). The summed E-state index contributed by atoms with van der Waals surface area (Å²) in [5, 5.41) is 9.66. The Morgan fingerprint density at radius 2 is 2.38 bits per heavy atom. The minimum Gasteiger partial charge on any atom is -0.465 e. The standard InChI is InChI=1S/C7H5N3O3/c11-2-4-1-5-7(10-9-4)13-3-6(12)8-5/h1-2H,3H2,(H,8,12). The predicted molar refractivity (Wildman–Crippen MR) is 41.5 cm³/mol. The van der Waals surface area contributed by atoms with Crippen molar-refractivity contribution in [2.24, 2.45) is 0 Å². The van der Waals surface area contributed by atoms with Crippen LogP contribution in [0.5, 0.6) is 5.88 Å². The van der Waals surface area contributed by atoms with E-state index in [0.29, 0.717) is 12.0 Å². The maximum atomic E-state index is 10.9. The molecule has 1 aliphatic heterocycles. The highest BCUT2D eigenvalue weighted by atomic mass is 16.5. The van der Waals surface area contributed by atoms with E-state index >= 15 is 0 Å². The number of hydrogen-bond donors (Lipinski definition) is 1. The van der Waals surface area contributed by atoms with E-state index in [0.717, 1.165) is 0 Å². The zero-order chi connectivity index (χ0) is 9.26. The molecule has 2 heterocycles. The van der Waals surface area contributed by atoms with E-state index in [-0.39, 0.29) is 24.1 Å². The van der Waals surface area contributed by atoms with Gasteiger partial charge in [0.05, 0.1) is 0 Å². The molecule has 1 aromatic heterocycles. The van der Waals surface area contributed by atoms with Gasteiger partial charge in [0.2, 0.25) is 0 Å². The fourth-order valence-corrected chi connectivity index (χ4v) is 0.969. The van der Waals surface area contributed by atoms with Gasteiger partial charge in [-0.3, -0.25) is 9.59 Å². The average molecular weight is 179 g/mol. The second kappa shape index (κ2) is 2.81. The molecule has 1 amide bonds. The van der Waals surface area contributed by atoms with Gasteiger partial charge in [0, 0.05) is 0 Å². The van der Waals surface area contributed by atoms with Gasteiger partial charge < -0.3 is 10.1 Å². The molecular weight excluding hydrogens is 174 g/mol. The monoisotopic (exact) mass is 179 g/mol. The Morgan fingerprint density at radius 1 is 1.54 bits per heavy atom. The smallest absolute Gasteiger partial charge is 0.262 e. The van der Waals surface area contributed by atoms with Crippen LogP contribution in [0.2, 0.25) is 0 Å². The van der Waals surface area contributed by atoms with Crippen molar-refractivity contribution in [2.75, 3.05) is 11.9 Å². The van der Waals surface area contributed by atoms with E-state index in [1.54, 1.807) is 0 Å². The molecule has 6 heteroatoms. The van der Waals surface area contributed by atoms with Gasteiger partial charge in [0.1, 0.15) is 11.4 Å². The Hall–Kier alpha value is -1.98. The number of aldehydes is 1. The molecule has 1 aliphatic rings. The molecule has 0 unspecified atom stereocenters. The number of aromatic nitrogens is 2. The lowest BCUT2D eigenvalue weighted by Crippen LogP contribution is -2.26. The van der Waals surface area contributed by atoms with Crippen LogP contribution in [0, 0.1) is 0 Å². The predicted octanol–water partition coefficient (Wildman–Crippen LogP) is -0.380. The van der Waals surface area contributed by atoms with Crippen LogP contribution in [0.15, 0.2) is 6.07 Å². The number of hydrogen-bond acceptors (Lipinski definition) is 5. The summed E-state index contributed by atoms with van der Waals surface area (Å²) in [4.78, 5) is 21.2. The number of amides is 1. The zero-order valence-corrected chi connectivity index (χ0v) is 6.48. The summed E-state index contributed by atoms with van der Waals surface area (Å²) in [6.45, 7) is -0.0673. The van der Waals surface area contributed by atoms with Gasteiger partial charge in [-0.15, -0.1) is 10.2 Å². The van der Waals surface area contributed by atoms with Crippen LogP contribution in [0.4, 0.5) is 5.69 Å². The number of carbonyl (C=O) groups excluding carboxylic acids is 2. The molecule has 0 saturated carbocycles. The number of nitrogens with one attached hydrogen (secondary N) is 1. The first kappa shape index (κ1) is 7.66. The van der Waals surface area contributed by atoms with Crippen molar-refractivity contribution >= 4 is 17.9 Å². The summed E-state index contributed by atoms with van der Waals surface area (Å²) >= 11 is 0. The number of ether oxygens (including phenoxy) is 1. The molecule has 0 aliphatic carbocycles. The molecule has 13 heavy (non-hydrogen) atoms. The van der Waals surface area contributed by atoms with Crippen LogP contribution in [0.1, 0.15) is 10.5 Å². The molecule has 0 atom stereocenters. The Labute approximate surface area is 72.9 Å². The Balaban J connectivity index is 2.43. The van der Waals surface area contributed by atoms with Crippen molar-refractivity contribution in [3.05, 3.63) is 11.8 Å². The summed E-state index contributed by atoms with van der Waals surface area (Å²) in [5.41, 5.74) is 0.540. The van der Waals surface area contributed by atoms with Gasteiger partial charge in [0.15, 0.2) is 12.9 Å².